The van der Waals surface area contributed by atoms with Crippen molar-refractivity contribution in [2.24, 2.45) is 11.7 Å². The molecule has 1 atom stereocenters. The Kier molecular flexibility index (Phi) is 3.80. The van der Waals surface area contributed by atoms with Crippen LogP contribution in [-0.2, 0) is 9.59 Å². The monoisotopic (exact) mass is 302 g/mol. The van der Waals surface area contributed by atoms with E-state index in [1.807, 2.05) is 0 Å². The van der Waals surface area contributed by atoms with Crippen molar-refractivity contribution < 1.29 is 27.5 Å². The smallest absolute Gasteiger partial charge is 0.406 e. The van der Waals surface area contributed by atoms with Crippen LogP contribution in [0.4, 0.5) is 18.9 Å². The maximum atomic E-state index is 12.1. The first-order valence-electron chi connectivity index (χ1n) is 6.13. The zero-order valence-corrected chi connectivity index (χ0v) is 11.1. The highest BCUT2D eigenvalue weighted by Gasteiger charge is 2.35. The first-order valence-corrected chi connectivity index (χ1v) is 6.13. The molecular formula is C13H13F3N2O3. The molecule has 0 spiro atoms. The lowest BCUT2D eigenvalue weighted by atomic mass is 10.1. The summed E-state index contributed by atoms with van der Waals surface area (Å²) < 4.78 is 40.2. The molecule has 1 unspecified atom stereocenters. The van der Waals surface area contributed by atoms with Crippen LogP contribution in [0.1, 0.15) is 12.0 Å². The molecule has 0 radical (unpaired) electrons. The highest BCUT2D eigenvalue weighted by atomic mass is 19.4. The fourth-order valence-electron chi connectivity index (χ4n) is 2.26. The van der Waals surface area contributed by atoms with E-state index in [4.69, 9.17) is 5.73 Å². The lowest BCUT2D eigenvalue weighted by Crippen LogP contribution is -2.28. The van der Waals surface area contributed by atoms with Gasteiger partial charge < -0.3 is 15.4 Å². The molecule has 1 aliphatic heterocycles. The minimum absolute atomic E-state index is 0.00950. The van der Waals surface area contributed by atoms with E-state index in [-0.39, 0.29) is 24.6 Å². The largest absolute Gasteiger partial charge is 0.573 e. The van der Waals surface area contributed by atoms with Gasteiger partial charge in [0.15, 0.2) is 0 Å². The Balaban J connectivity index is 2.22. The normalized spacial score (nSPS) is 19.0. The van der Waals surface area contributed by atoms with Crippen LogP contribution < -0.4 is 15.4 Å². The van der Waals surface area contributed by atoms with Crippen LogP contribution in [0.15, 0.2) is 18.2 Å². The van der Waals surface area contributed by atoms with Crippen molar-refractivity contribution in [1.82, 2.24) is 0 Å². The van der Waals surface area contributed by atoms with Crippen LogP contribution >= 0.6 is 0 Å². The minimum Gasteiger partial charge on any atom is -0.406 e. The van der Waals surface area contributed by atoms with E-state index in [1.165, 1.54) is 17.0 Å². The van der Waals surface area contributed by atoms with Gasteiger partial charge >= 0.3 is 6.36 Å². The second kappa shape index (κ2) is 5.27. The summed E-state index contributed by atoms with van der Waals surface area (Å²) in [6, 6.07) is 3.67. The van der Waals surface area contributed by atoms with E-state index in [9.17, 15) is 22.8 Å². The van der Waals surface area contributed by atoms with Crippen LogP contribution in [0.2, 0.25) is 0 Å². The molecule has 21 heavy (non-hydrogen) atoms. The first-order chi connectivity index (χ1) is 9.67. The van der Waals surface area contributed by atoms with Gasteiger partial charge in [-0.1, -0.05) is 0 Å². The van der Waals surface area contributed by atoms with Crippen molar-refractivity contribution >= 4 is 17.5 Å². The molecule has 1 fully saturated rings. The number of alkyl halides is 3. The van der Waals surface area contributed by atoms with E-state index in [1.54, 1.807) is 6.92 Å². The van der Waals surface area contributed by atoms with Crippen LogP contribution in [0.25, 0.3) is 0 Å². The lowest BCUT2D eigenvalue weighted by molar-refractivity contribution is -0.274. The summed E-state index contributed by atoms with van der Waals surface area (Å²) in [6.45, 7) is 1.69. The Morgan fingerprint density at radius 2 is 2.10 bits per heavy atom. The van der Waals surface area contributed by atoms with E-state index in [0.717, 1.165) is 6.07 Å². The number of anilines is 1. The van der Waals surface area contributed by atoms with Gasteiger partial charge in [-0.05, 0) is 30.7 Å². The predicted molar refractivity (Wildman–Crippen MR) is 67.5 cm³/mol. The topological polar surface area (TPSA) is 72.6 Å². The minimum atomic E-state index is -4.77. The number of hydrogen-bond acceptors (Lipinski definition) is 3. The van der Waals surface area contributed by atoms with Crippen LogP contribution in [0.5, 0.6) is 5.75 Å². The van der Waals surface area contributed by atoms with Crippen molar-refractivity contribution in [1.29, 1.82) is 0 Å². The molecule has 114 valence electrons. The van der Waals surface area contributed by atoms with Crippen LogP contribution in [0, 0.1) is 12.8 Å². The fraction of sp³-hybridized carbons (Fsp3) is 0.385. The molecule has 0 aromatic heterocycles. The molecule has 2 rings (SSSR count). The molecule has 1 aliphatic rings. The van der Waals surface area contributed by atoms with E-state index >= 15 is 0 Å². The summed E-state index contributed by atoms with van der Waals surface area (Å²) in [7, 11) is 0. The number of ether oxygens (including phenoxy) is 1. The SMILES string of the molecule is Cc1cc(OC(F)(F)F)ccc1N1CC(C(N)=O)CC1=O. The van der Waals surface area contributed by atoms with Crippen molar-refractivity contribution in [3.63, 3.8) is 0 Å². The van der Waals surface area contributed by atoms with Crippen molar-refractivity contribution in [3.05, 3.63) is 23.8 Å². The van der Waals surface area contributed by atoms with Crippen LogP contribution in [-0.4, -0.2) is 24.7 Å². The van der Waals surface area contributed by atoms with Gasteiger partial charge in [0.25, 0.3) is 0 Å². The number of aryl methyl sites for hydroxylation is 1. The third kappa shape index (κ3) is 3.45. The number of primary amides is 1. The molecule has 1 heterocycles. The second-order valence-corrected chi connectivity index (χ2v) is 4.80. The quantitative estimate of drug-likeness (QED) is 0.924. The van der Waals surface area contributed by atoms with Crippen molar-refractivity contribution in [3.8, 4) is 5.75 Å². The predicted octanol–water partition coefficient (Wildman–Crippen LogP) is 1.73. The molecule has 0 bridgehead atoms. The molecule has 1 saturated heterocycles. The zero-order valence-electron chi connectivity index (χ0n) is 11.1. The number of hydrogen-bond donors (Lipinski definition) is 1. The third-order valence-electron chi connectivity index (χ3n) is 3.22. The maximum absolute atomic E-state index is 12.1. The summed E-state index contributed by atoms with van der Waals surface area (Å²) in [5, 5.41) is 0. The molecule has 2 amide bonds. The molecule has 1 aromatic carbocycles. The first kappa shape index (κ1) is 15.1. The van der Waals surface area contributed by atoms with E-state index in [2.05, 4.69) is 4.74 Å². The number of benzene rings is 1. The van der Waals surface area contributed by atoms with Gasteiger partial charge in [0.05, 0.1) is 5.92 Å². The number of carbonyl (C=O) groups is 2. The average Bonchev–Trinajstić information content (AvgIpc) is 2.69. The Hall–Kier alpha value is -2.25. The van der Waals surface area contributed by atoms with Crippen molar-refractivity contribution in [2.45, 2.75) is 19.7 Å². The number of halogens is 3. The van der Waals surface area contributed by atoms with Gasteiger partial charge in [-0.3, -0.25) is 9.59 Å². The number of nitrogens with zero attached hydrogens (tertiary/aromatic N) is 1. The molecule has 5 nitrogen and oxygen atoms in total. The Morgan fingerprint density at radius 1 is 1.43 bits per heavy atom. The highest BCUT2D eigenvalue weighted by Crippen LogP contribution is 2.32. The summed E-state index contributed by atoms with van der Waals surface area (Å²) in [5.41, 5.74) is 6.05. The summed E-state index contributed by atoms with van der Waals surface area (Å²) in [4.78, 5) is 24.3. The van der Waals surface area contributed by atoms with Gasteiger partial charge in [-0.2, -0.15) is 0 Å². The maximum Gasteiger partial charge on any atom is 0.573 e. The van der Waals surface area contributed by atoms with Gasteiger partial charge in [0.2, 0.25) is 11.8 Å². The Morgan fingerprint density at radius 3 is 2.57 bits per heavy atom. The molecular weight excluding hydrogens is 289 g/mol. The van der Waals surface area contributed by atoms with Crippen molar-refractivity contribution in [2.75, 3.05) is 11.4 Å². The summed E-state index contributed by atoms with van der Waals surface area (Å²) in [6.07, 6.45) is -4.76. The zero-order chi connectivity index (χ0) is 15.8. The highest BCUT2D eigenvalue weighted by molar-refractivity contribution is 6.00. The molecule has 2 N–H and O–H groups in total. The summed E-state index contributed by atoms with van der Waals surface area (Å²) in [5.74, 6) is -1.79. The average molecular weight is 302 g/mol. The third-order valence-corrected chi connectivity index (χ3v) is 3.22. The Labute approximate surface area is 118 Å². The fourth-order valence-corrected chi connectivity index (χ4v) is 2.26. The standard InChI is InChI=1S/C13H13F3N2O3/c1-7-4-9(21-13(14,15)16)2-3-10(7)18-6-8(12(17)20)5-11(18)19/h2-4,8H,5-6H2,1H3,(H2,17,20). The number of amides is 2. The molecule has 0 aliphatic carbocycles. The van der Waals surface area contributed by atoms with E-state index < -0.39 is 18.2 Å². The second-order valence-electron chi connectivity index (χ2n) is 4.80. The Bertz CT molecular complexity index is 587. The van der Waals surface area contributed by atoms with Gasteiger partial charge in [-0.15, -0.1) is 13.2 Å². The summed E-state index contributed by atoms with van der Waals surface area (Å²) >= 11 is 0. The molecule has 0 saturated carbocycles. The number of rotatable bonds is 3. The van der Waals surface area contributed by atoms with Gasteiger partial charge in [0, 0.05) is 18.7 Å². The van der Waals surface area contributed by atoms with E-state index in [0.29, 0.717) is 11.3 Å². The number of nitrogens with two attached hydrogens (primary N) is 1. The number of carbonyl (C=O) groups excluding carboxylic acids is 2. The molecule has 8 heteroatoms. The lowest BCUT2D eigenvalue weighted by Gasteiger charge is -2.19. The molecule has 1 aromatic rings. The van der Waals surface area contributed by atoms with Gasteiger partial charge in [0.1, 0.15) is 5.75 Å². The van der Waals surface area contributed by atoms with Gasteiger partial charge in [-0.25, -0.2) is 0 Å². The van der Waals surface area contributed by atoms with Crippen LogP contribution in [0.3, 0.4) is 0 Å².